The van der Waals surface area contributed by atoms with Crippen molar-refractivity contribution >= 4 is 11.7 Å². The lowest BCUT2D eigenvalue weighted by molar-refractivity contribution is -0.138. The summed E-state index contributed by atoms with van der Waals surface area (Å²) in [4.78, 5) is 14.2. The number of benzene rings is 2. The number of hydrogen-bond acceptors (Lipinski definition) is 3. The van der Waals surface area contributed by atoms with Crippen molar-refractivity contribution in [1.29, 1.82) is 0 Å². The van der Waals surface area contributed by atoms with Crippen LogP contribution in [0, 0.1) is 0 Å². The van der Waals surface area contributed by atoms with Gasteiger partial charge in [0.25, 0.3) is 0 Å². The summed E-state index contributed by atoms with van der Waals surface area (Å²) in [5, 5.41) is 9.69. The van der Waals surface area contributed by atoms with Gasteiger partial charge in [-0.05, 0) is 61.6 Å². The highest BCUT2D eigenvalue weighted by Crippen LogP contribution is 2.27. The van der Waals surface area contributed by atoms with Crippen LogP contribution in [0.25, 0.3) is 0 Å². The molecule has 0 spiro atoms. The number of carbonyl (C=O) groups is 1. The maximum absolute atomic E-state index is 11.8. The fraction of sp³-hybridized carbons (Fsp3) is 0.381. The molecule has 1 saturated heterocycles. The molecule has 4 heteroatoms. The lowest BCUT2D eigenvalue weighted by atomic mass is 9.92. The average molecular weight is 339 g/mol. The van der Waals surface area contributed by atoms with E-state index in [1.54, 1.807) is 0 Å². The van der Waals surface area contributed by atoms with E-state index in [0.717, 1.165) is 30.0 Å². The summed E-state index contributed by atoms with van der Waals surface area (Å²) in [5.74, 6) is -0.661. The minimum absolute atomic E-state index is 0.477. The molecule has 4 nitrogen and oxygen atoms in total. The van der Waals surface area contributed by atoms with Crippen molar-refractivity contribution in [3.05, 3.63) is 59.7 Å². The van der Waals surface area contributed by atoms with E-state index in [9.17, 15) is 9.90 Å². The first-order chi connectivity index (χ1) is 12.2. The molecule has 2 aromatic carbocycles. The molecule has 1 heterocycles. The molecule has 0 aliphatic carbocycles. The topological polar surface area (TPSA) is 49.8 Å². The van der Waals surface area contributed by atoms with Crippen molar-refractivity contribution in [1.82, 2.24) is 0 Å². The molecule has 0 aromatic heterocycles. The van der Waals surface area contributed by atoms with Crippen molar-refractivity contribution < 1.29 is 14.6 Å². The molecule has 0 radical (unpaired) electrons. The van der Waals surface area contributed by atoms with E-state index in [0.29, 0.717) is 13.0 Å². The van der Waals surface area contributed by atoms with Gasteiger partial charge < -0.3 is 14.7 Å². The fourth-order valence-electron chi connectivity index (χ4n) is 3.39. The van der Waals surface area contributed by atoms with E-state index >= 15 is 0 Å². The Labute approximate surface area is 149 Å². The number of carboxylic acids is 1. The molecule has 1 unspecified atom stereocenters. The molecule has 2 aromatic rings. The second-order valence-electron chi connectivity index (χ2n) is 6.46. The molecule has 3 rings (SSSR count). The predicted molar refractivity (Wildman–Crippen MR) is 99.6 cm³/mol. The van der Waals surface area contributed by atoms with Gasteiger partial charge in [0, 0.05) is 18.8 Å². The second-order valence-corrected chi connectivity index (χ2v) is 6.46. The maximum Gasteiger partial charge on any atom is 0.311 e. The molecule has 1 fully saturated rings. The zero-order valence-corrected chi connectivity index (χ0v) is 14.6. The molecule has 1 aliphatic heterocycles. The van der Waals surface area contributed by atoms with Crippen LogP contribution in [0.4, 0.5) is 5.69 Å². The van der Waals surface area contributed by atoms with E-state index < -0.39 is 11.9 Å². The van der Waals surface area contributed by atoms with Crippen molar-refractivity contribution in [3.8, 4) is 5.75 Å². The van der Waals surface area contributed by atoms with Crippen LogP contribution >= 0.6 is 0 Å². The molecule has 132 valence electrons. The van der Waals surface area contributed by atoms with Crippen LogP contribution in [-0.2, 0) is 11.2 Å². The molecule has 0 amide bonds. The number of aliphatic carboxylic acids is 1. The Kier molecular flexibility index (Phi) is 5.59. The largest absolute Gasteiger partial charge is 0.494 e. The van der Waals surface area contributed by atoms with Crippen LogP contribution in [0.2, 0.25) is 0 Å². The summed E-state index contributed by atoms with van der Waals surface area (Å²) < 4.78 is 5.50. The molecule has 1 atom stereocenters. The van der Waals surface area contributed by atoms with E-state index in [2.05, 4.69) is 29.2 Å². The van der Waals surface area contributed by atoms with Gasteiger partial charge in [0.05, 0.1) is 12.5 Å². The summed E-state index contributed by atoms with van der Waals surface area (Å²) in [5.41, 5.74) is 3.05. The van der Waals surface area contributed by atoms with Gasteiger partial charge in [0.2, 0.25) is 0 Å². The highest BCUT2D eigenvalue weighted by Gasteiger charge is 2.21. The normalized spacial score (nSPS) is 15.2. The average Bonchev–Trinajstić information content (AvgIpc) is 3.15. The predicted octanol–water partition coefficient (Wildman–Crippen LogP) is 4.10. The number of ether oxygens (including phenoxy) is 1. The quantitative estimate of drug-likeness (QED) is 0.825. The molecule has 0 saturated carbocycles. The Morgan fingerprint density at radius 1 is 1.16 bits per heavy atom. The Morgan fingerprint density at radius 3 is 2.52 bits per heavy atom. The van der Waals surface area contributed by atoms with Crippen LogP contribution in [-0.4, -0.2) is 30.8 Å². The number of carboxylic acid groups (broad SMARTS) is 1. The van der Waals surface area contributed by atoms with Crippen molar-refractivity contribution in [2.45, 2.75) is 32.1 Å². The monoisotopic (exact) mass is 339 g/mol. The Bertz CT molecular complexity index is 705. The summed E-state index contributed by atoms with van der Waals surface area (Å²) in [7, 11) is 0. The van der Waals surface area contributed by atoms with Crippen LogP contribution in [0.3, 0.4) is 0 Å². The SMILES string of the molecule is CCOc1cccc(C(Cc2ccc(N3CCCC3)cc2)C(=O)O)c1. The zero-order chi connectivity index (χ0) is 17.6. The minimum Gasteiger partial charge on any atom is -0.494 e. The van der Waals surface area contributed by atoms with Gasteiger partial charge in [-0.15, -0.1) is 0 Å². The minimum atomic E-state index is -0.808. The third kappa shape index (κ3) is 4.32. The number of anilines is 1. The molecular weight excluding hydrogens is 314 g/mol. The van der Waals surface area contributed by atoms with Crippen LogP contribution in [0.5, 0.6) is 5.75 Å². The molecular formula is C21H25NO3. The van der Waals surface area contributed by atoms with Gasteiger partial charge >= 0.3 is 5.97 Å². The Balaban J connectivity index is 1.75. The van der Waals surface area contributed by atoms with Crippen LogP contribution in [0.15, 0.2) is 48.5 Å². The van der Waals surface area contributed by atoms with E-state index in [1.165, 1.54) is 18.5 Å². The van der Waals surface area contributed by atoms with E-state index in [1.807, 2.05) is 31.2 Å². The van der Waals surface area contributed by atoms with E-state index in [4.69, 9.17) is 4.74 Å². The van der Waals surface area contributed by atoms with Gasteiger partial charge in [-0.3, -0.25) is 4.79 Å². The lowest BCUT2D eigenvalue weighted by Gasteiger charge is -2.18. The van der Waals surface area contributed by atoms with Crippen molar-refractivity contribution in [3.63, 3.8) is 0 Å². The van der Waals surface area contributed by atoms with Gasteiger partial charge in [-0.1, -0.05) is 24.3 Å². The van der Waals surface area contributed by atoms with Crippen molar-refractivity contribution in [2.75, 3.05) is 24.6 Å². The highest BCUT2D eigenvalue weighted by molar-refractivity contribution is 5.76. The van der Waals surface area contributed by atoms with Crippen LogP contribution in [0.1, 0.15) is 36.8 Å². The molecule has 1 aliphatic rings. The maximum atomic E-state index is 11.8. The first kappa shape index (κ1) is 17.3. The number of nitrogens with zero attached hydrogens (tertiary/aromatic N) is 1. The lowest BCUT2D eigenvalue weighted by Crippen LogP contribution is -2.17. The summed E-state index contributed by atoms with van der Waals surface area (Å²) in [6.07, 6.45) is 2.98. The smallest absolute Gasteiger partial charge is 0.311 e. The highest BCUT2D eigenvalue weighted by atomic mass is 16.5. The number of hydrogen-bond donors (Lipinski definition) is 1. The van der Waals surface area contributed by atoms with Gasteiger partial charge in [0.1, 0.15) is 5.75 Å². The zero-order valence-electron chi connectivity index (χ0n) is 14.6. The van der Waals surface area contributed by atoms with Crippen LogP contribution < -0.4 is 9.64 Å². The second kappa shape index (κ2) is 8.06. The standard InChI is InChI=1S/C21H25NO3/c1-2-25-19-7-5-6-17(15-19)20(21(23)24)14-16-8-10-18(11-9-16)22-12-3-4-13-22/h5-11,15,20H,2-4,12-14H2,1H3,(H,23,24). The third-order valence-electron chi connectivity index (χ3n) is 4.72. The summed E-state index contributed by atoms with van der Waals surface area (Å²) in [6.45, 7) is 4.71. The van der Waals surface area contributed by atoms with Gasteiger partial charge in [-0.25, -0.2) is 0 Å². The third-order valence-corrected chi connectivity index (χ3v) is 4.72. The van der Waals surface area contributed by atoms with E-state index in [-0.39, 0.29) is 0 Å². The first-order valence-corrected chi connectivity index (χ1v) is 8.97. The number of rotatable bonds is 7. The molecule has 25 heavy (non-hydrogen) atoms. The fourth-order valence-corrected chi connectivity index (χ4v) is 3.39. The Hall–Kier alpha value is -2.49. The molecule has 1 N–H and O–H groups in total. The van der Waals surface area contributed by atoms with Gasteiger partial charge in [0.15, 0.2) is 0 Å². The first-order valence-electron chi connectivity index (χ1n) is 8.97. The molecule has 0 bridgehead atoms. The van der Waals surface area contributed by atoms with Crippen molar-refractivity contribution in [2.24, 2.45) is 0 Å². The summed E-state index contributed by atoms with van der Waals surface area (Å²) in [6, 6.07) is 15.7. The summed E-state index contributed by atoms with van der Waals surface area (Å²) >= 11 is 0. The van der Waals surface area contributed by atoms with Gasteiger partial charge in [-0.2, -0.15) is 0 Å². The Morgan fingerprint density at radius 2 is 1.88 bits per heavy atom.